The molecule has 0 spiro atoms. The summed E-state index contributed by atoms with van der Waals surface area (Å²) in [5.74, 6) is 0.0380. The molecule has 42 valence electrons. The first kappa shape index (κ1) is 4.83. The lowest BCUT2D eigenvalue weighted by Gasteiger charge is -1.72. The summed E-state index contributed by atoms with van der Waals surface area (Å²) in [5.41, 5.74) is 6.88. The van der Waals surface area contributed by atoms with Crippen molar-refractivity contribution in [1.29, 1.82) is 5.53 Å². The van der Waals surface area contributed by atoms with Crippen molar-refractivity contribution in [1.82, 2.24) is 4.98 Å². The number of hydrogen-bond acceptors (Lipinski definition) is 3. The number of rotatable bonds is 1. The molecular weight excluding hydrogens is 106 g/mol. The van der Waals surface area contributed by atoms with Crippen LogP contribution >= 0.6 is 0 Å². The van der Waals surface area contributed by atoms with Crippen molar-refractivity contribution in [3.8, 4) is 5.88 Å². The fraction of sp³-hybridized carbons (Fsp3) is 0. The molecule has 0 atom stereocenters. The van der Waals surface area contributed by atoms with E-state index >= 15 is 0 Å². The molecule has 3 N–H and O–H groups in total. The molecule has 0 fully saturated rings. The van der Waals surface area contributed by atoms with Gasteiger partial charge in [0, 0.05) is 12.3 Å². The third-order valence-electron chi connectivity index (χ3n) is 0.782. The number of hydrogen-bond donors (Lipinski definition) is 3. The van der Waals surface area contributed by atoms with E-state index in [1.165, 1.54) is 12.3 Å². The second-order valence-corrected chi connectivity index (χ2v) is 1.35. The van der Waals surface area contributed by atoms with Crippen LogP contribution in [0, 0.1) is 5.53 Å². The number of aromatic amines is 1. The summed E-state index contributed by atoms with van der Waals surface area (Å²) < 4.78 is 0. The van der Waals surface area contributed by atoms with Gasteiger partial charge in [0.05, 0.1) is 0 Å². The molecule has 0 unspecified atom stereocenters. The highest BCUT2D eigenvalue weighted by atomic mass is 16.3. The Morgan fingerprint density at radius 1 is 1.75 bits per heavy atom. The number of aromatic hydroxyl groups is 1. The summed E-state index contributed by atoms with van der Waals surface area (Å²) >= 11 is 0. The number of nitrogens with one attached hydrogen (secondary N) is 2. The van der Waals surface area contributed by atoms with Crippen molar-refractivity contribution in [2.75, 3.05) is 0 Å². The fourth-order valence-corrected chi connectivity index (χ4v) is 0.436. The van der Waals surface area contributed by atoms with E-state index in [1.54, 1.807) is 0 Å². The number of nitrogens with zero attached hydrogens (tertiary/aromatic N) is 1. The molecule has 0 aliphatic heterocycles. The number of aromatic nitrogens is 1. The van der Waals surface area contributed by atoms with Crippen molar-refractivity contribution in [2.45, 2.75) is 0 Å². The Kier molecular flexibility index (Phi) is 0.997. The smallest absolute Gasteiger partial charge is 0.190 e. The van der Waals surface area contributed by atoms with E-state index in [-0.39, 0.29) is 5.88 Å². The summed E-state index contributed by atoms with van der Waals surface area (Å²) in [7, 11) is 0. The summed E-state index contributed by atoms with van der Waals surface area (Å²) in [6.07, 6.45) is 1.45. The van der Waals surface area contributed by atoms with E-state index in [1.807, 2.05) is 0 Å². The molecule has 8 heavy (non-hydrogen) atoms. The molecule has 0 saturated carbocycles. The van der Waals surface area contributed by atoms with Crippen molar-refractivity contribution >= 4 is 5.69 Å². The molecule has 0 aliphatic carbocycles. The van der Waals surface area contributed by atoms with Crippen molar-refractivity contribution in [3.63, 3.8) is 0 Å². The minimum absolute atomic E-state index is 0.0380. The van der Waals surface area contributed by atoms with E-state index < -0.39 is 0 Å². The summed E-state index contributed by atoms with van der Waals surface area (Å²) in [6.45, 7) is 0. The summed E-state index contributed by atoms with van der Waals surface area (Å²) in [5, 5.41) is 11.6. The minimum Gasteiger partial charge on any atom is -0.495 e. The molecule has 0 bridgehead atoms. The Morgan fingerprint density at radius 2 is 2.50 bits per heavy atom. The average molecular weight is 111 g/mol. The lowest BCUT2D eigenvalue weighted by molar-refractivity contribution is 0.457. The van der Waals surface area contributed by atoms with Crippen LogP contribution in [0.3, 0.4) is 0 Å². The minimum atomic E-state index is 0.0380. The van der Waals surface area contributed by atoms with E-state index in [0.717, 1.165) is 0 Å². The van der Waals surface area contributed by atoms with Crippen molar-refractivity contribution < 1.29 is 5.11 Å². The Balaban J connectivity index is 3.00. The van der Waals surface area contributed by atoms with Crippen LogP contribution in [0.25, 0.3) is 0 Å². The Labute approximate surface area is 45.7 Å². The zero-order valence-electron chi connectivity index (χ0n) is 4.05. The van der Waals surface area contributed by atoms with Gasteiger partial charge in [-0.25, -0.2) is 5.53 Å². The van der Waals surface area contributed by atoms with E-state index in [0.29, 0.717) is 5.69 Å². The maximum absolute atomic E-state index is 8.59. The molecule has 1 rings (SSSR count). The maximum atomic E-state index is 8.59. The fourth-order valence-electron chi connectivity index (χ4n) is 0.436. The Bertz CT molecular complexity index is 193. The molecule has 0 aliphatic rings. The molecule has 0 aromatic carbocycles. The van der Waals surface area contributed by atoms with Crippen molar-refractivity contribution in [2.24, 2.45) is 5.11 Å². The van der Waals surface area contributed by atoms with Crippen LogP contribution in [0.15, 0.2) is 17.4 Å². The van der Waals surface area contributed by atoms with Crippen LogP contribution in [0.5, 0.6) is 5.88 Å². The molecule has 0 amide bonds. The van der Waals surface area contributed by atoms with E-state index in [9.17, 15) is 0 Å². The van der Waals surface area contributed by atoms with Gasteiger partial charge in [0.25, 0.3) is 0 Å². The largest absolute Gasteiger partial charge is 0.495 e. The average Bonchev–Trinajstić information content (AvgIpc) is 2.14. The second-order valence-electron chi connectivity index (χ2n) is 1.35. The first-order chi connectivity index (χ1) is 3.83. The Hall–Kier alpha value is -1.32. The normalized spacial score (nSPS) is 9.00. The first-order valence-corrected chi connectivity index (χ1v) is 2.08. The summed E-state index contributed by atoms with van der Waals surface area (Å²) in [6, 6.07) is 1.37. The zero-order valence-corrected chi connectivity index (χ0v) is 4.05. The second kappa shape index (κ2) is 1.65. The van der Waals surface area contributed by atoms with Crippen LogP contribution in [0.1, 0.15) is 0 Å². The van der Waals surface area contributed by atoms with E-state index in [4.69, 9.17) is 10.6 Å². The van der Waals surface area contributed by atoms with Crippen molar-refractivity contribution in [3.05, 3.63) is 12.3 Å². The van der Waals surface area contributed by atoms with Gasteiger partial charge in [0.15, 0.2) is 5.88 Å². The quantitative estimate of drug-likeness (QED) is 0.470. The predicted molar refractivity (Wildman–Crippen MR) is 27.3 cm³/mol. The van der Waals surface area contributed by atoms with Crippen LogP contribution < -0.4 is 0 Å². The highest BCUT2D eigenvalue weighted by Gasteiger charge is 1.90. The topological polar surface area (TPSA) is 72.2 Å². The highest BCUT2D eigenvalue weighted by molar-refractivity contribution is 5.37. The molecule has 4 heteroatoms. The zero-order chi connectivity index (χ0) is 5.98. The van der Waals surface area contributed by atoms with Gasteiger partial charge < -0.3 is 10.1 Å². The van der Waals surface area contributed by atoms with Gasteiger partial charge in [-0.15, -0.1) is 0 Å². The molecule has 1 heterocycles. The van der Waals surface area contributed by atoms with Gasteiger partial charge in [-0.3, -0.25) is 0 Å². The van der Waals surface area contributed by atoms with Crippen LogP contribution in [-0.4, -0.2) is 10.1 Å². The van der Waals surface area contributed by atoms with Gasteiger partial charge in [-0.05, 0) is 0 Å². The van der Waals surface area contributed by atoms with Crippen LogP contribution in [-0.2, 0) is 0 Å². The molecule has 4 nitrogen and oxygen atoms in total. The number of H-pyrrole nitrogens is 1. The highest BCUT2D eigenvalue weighted by Crippen LogP contribution is 2.15. The van der Waals surface area contributed by atoms with Crippen LogP contribution in [0.2, 0.25) is 0 Å². The van der Waals surface area contributed by atoms with Gasteiger partial charge in [-0.2, -0.15) is 5.11 Å². The van der Waals surface area contributed by atoms with Crippen LogP contribution in [0.4, 0.5) is 5.69 Å². The van der Waals surface area contributed by atoms with Gasteiger partial charge >= 0.3 is 0 Å². The monoisotopic (exact) mass is 111 g/mol. The molecular formula is C4H5N3O. The Morgan fingerprint density at radius 3 is 2.75 bits per heavy atom. The van der Waals surface area contributed by atoms with Gasteiger partial charge in [0.1, 0.15) is 5.69 Å². The summed E-state index contributed by atoms with van der Waals surface area (Å²) in [4.78, 5) is 2.46. The molecule has 0 radical (unpaired) electrons. The molecule has 0 saturated heterocycles. The maximum Gasteiger partial charge on any atom is 0.190 e. The third kappa shape index (κ3) is 0.676. The molecule has 1 aromatic heterocycles. The first-order valence-electron chi connectivity index (χ1n) is 2.08. The lowest BCUT2D eigenvalue weighted by Crippen LogP contribution is -1.51. The van der Waals surface area contributed by atoms with Gasteiger partial charge in [-0.1, -0.05) is 0 Å². The SMILES string of the molecule is N=Nc1c[nH]c(O)c1. The third-order valence-corrected chi connectivity index (χ3v) is 0.782. The standard InChI is InChI=1S/C4H5N3O/c5-7-3-1-4(8)6-2-3/h1-2,5-6,8H. The van der Waals surface area contributed by atoms with E-state index in [2.05, 4.69) is 10.1 Å². The molecule has 1 aromatic rings. The lowest BCUT2D eigenvalue weighted by atomic mass is 10.5. The predicted octanol–water partition coefficient (Wildman–Crippen LogP) is 1.38. The van der Waals surface area contributed by atoms with Gasteiger partial charge in [0.2, 0.25) is 0 Å².